The van der Waals surface area contributed by atoms with Gasteiger partial charge in [0.25, 0.3) is 5.91 Å². The molecule has 0 spiro atoms. The molecule has 0 saturated heterocycles. The Morgan fingerprint density at radius 2 is 1.75 bits per heavy atom. The van der Waals surface area contributed by atoms with Crippen LogP contribution in [0.3, 0.4) is 0 Å². The SMILES string of the molecule is Cc1c(Cl)ccc2sc(NC(=O)c3ccc(S(=O)(=O)N(C)Cc4ccccc4)cc3)nc12. The van der Waals surface area contributed by atoms with Gasteiger partial charge < -0.3 is 0 Å². The Kier molecular flexibility index (Phi) is 6.30. The first-order valence-electron chi connectivity index (χ1n) is 9.73. The van der Waals surface area contributed by atoms with Crippen LogP contribution in [0.25, 0.3) is 10.2 Å². The minimum absolute atomic E-state index is 0.123. The molecule has 0 aliphatic rings. The summed E-state index contributed by atoms with van der Waals surface area (Å²) in [5, 5.41) is 3.85. The van der Waals surface area contributed by atoms with Crippen LogP contribution in [0.4, 0.5) is 5.13 Å². The minimum Gasteiger partial charge on any atom is -0.298 e. The zero-order valence-electron chi connectivity index (χ0n) is 17.4. The van der Waals surface area contributed by atoms with E-state index in [0.29, 0.717) is 15.7 Å². The van der Waals surface area contributed by atoms with Crippen molar-refractivity contribution in [3.8, 4) is 0 Å². The number of carbonyl (C=O) groups excluding carboxylic acids is 1. The molecule has 4 aromatic rings. The highest BCUT2D eigenvalue weighted by molar-refractivity contribution is 7.89. The highest BCUT2D eigenvalue weighted by Gasteiger charge is 2.21. The summed E-state index contributed by atoms with van der Waals surface area (Å²) in [6, 6.07) is 18.9. The molecule has 0 aliphatic heterocycles. The van der Waals surface area contributed by atoms with Gasteiger partial charge in [-0.3, -0.25) is 10.1 Å². The minimum atomic E-state index is -3.69. The number of halogens is 1. The predicted molar refractivity (Wildman–Crippen MR) is 129 cm³/mol. The van der Waals surface area contributed by atoms with E-state index in [9.17, 15) is 13.2 Å². The Labute approximate surface area is 195 Å². The standard InChI is InChI=1S/C23H20ClN3O3S2/c1-15-19(24)12-13-20-21(15)25-23(31-20)26-22(28)17-8-10-18(11-9-17)32(29,30)27(2)14-16-6-4-3-5-7-16/h3-13H,14H2,1-2H3,(H,25,26,28). The summed E-state index contributed by atoms with van der Waals surface area (Å²) in [6.45, 7) is 2.14. The number of nitrogens with one attached hydrogen (secondary N) is 1. The Morgan fingerprint density at radius 3 is 2.44 bits per heavy atom. The van der Waals surface area contributed by atoms with Crippen LogP contribution >= 0.6 is 22.9 Å². The van der Waals surface area contributed by atoms with Gasteiger partial charge in [-0.1, -0.05) is 53.3 Å². The fourth-order valence-corrected chi connectivity index (χ4v) is 5.44. The van der Waals surface area contributed by atoms with Crippen molar-refractivity contribution in [3.63, 3.8) is 0 Å². The predicted octanol–water partition coefficient (Wildman–Crippen LogP) is 5.33. The fourth-order valence-electron chi connectivity index (χ4n) is 3.21. The average Bonchev–Trinajstić information content (AvgIpc) is 3.20. The van der Waals surface area contributed by atoms with E-state index in [0.717, 1.165) is 21.3 Å². The molecule has 0 bridgehead atoms. The molecule has 0 unspecified atom stereocenters. The Morgan fingerprint density at radius 1 is 1.06 bits per heavy atom. The van der Waals surface area contributed by atoms with Crippen LogP contribution in [0.1, 0.15) is 21.5 Å². The summed E-state index contributed by atoms with van der Waals surface area (Å²) >= 11 is 7.49. The van der Waals surface area contributed by atoms with Crippen LogP contribution < -0.4 is 5.32 Å². The van der Waals surface area contributed by atoms with Gasteiger partial charge >= 0.3 is 0 Å². The molecule has 1 heterocycles. The second-order valence-corrected chi connectivity index (χ2v) is 10.7. The summed E-state index contributed by atoms with van der Waals surface area (Å²) in [4.78, 5) is 17.2. The highest BCUT2D eigenvalue weighted by atomic mass is 35.5. The molecule has 6 nitrogen and oxygen atoms in total. The lowest BCUT2D eigenvalue weighted by molar-refractivity contribution is 0.102. The first kappa shape index (κ1) is 22.4. The maximum atomic E-state index is 12.9. The Hall–Kier alpha value is -2.78. The van der Waals surface area contributed by atoms with Crippen LogP contribution in [0.2, 0.25) is 5.02 Å². The largest absolute Gasteiger partial charge is 0.298 e. The molecule has 1 amide bonds. The number of aryl methyl sites for hydroxylation is 1. The summed E-state index contributed by atoms with van der Waals surface area (Å²) in [5.74, 6) is -0.366. The number of thiazole rings is 1. The molecule has 4 rings (SSSR count). The monoisotopic (exact) mass is 485 g/mol. The molecule has 164 valence electrons. The van der Waals surface area contributed by atoms with Crippen LogP contribution in [0.5, 0.6) is 0 Å². The first-order chi connectivity index (χ1) is 15.3. The molecule has 0 fully saturated rings. The van der Waals surface area contributed by atoms with Gasteiger partial charge in [-0.05, 0) is 54.4 Å². The number of amides is 1. The third kappa shape index (κ3) is 4.54. The number of rotatable bonds is 6. The quantitative estimate of drug-likeness (QED) is 0.400. The van der Waals surface area contributed by atoms with Gasteiger partial charge in [0.15, 0.2) is 5.13 Å². The van der Waals surface area contributed by atoms with Crippen molar-refractivity contribution in [3.05, 3.63) is 88.4 Å². The Balaban J connectivity index is 1.49. The lowest BCUT2D eigenvalue weighted by Gasteiger charge is -2.17. The fraction of sp³-hybridized carbons (Fsp3) is 0.130. The number of hydrogen-bond donors (Lipinski definition) is 1. The van der Waals surface area contributed by atoms with Crippen molar-refractivity contribution in [2.24, 2.45) is 0 Å². The maximum absolute atomic E-state index is 12.9. The van der Waals surface area contributed by atoms with Crippen molar-refractivity contribution >= 4 is 54.2 Å². The average molecular weight is 486 g/mol. The van der Waals surface area contributed by atoms with E-state index in [-0.39, 0.29) is 17.3 Å². The number of benzene rings is 3. The van der Waals surface area contributed by atoms with Crippen molar-refractivity contribution in [1.29, 1.82) is 0 Å². The topological polar surface area (TPSA) is 79.4 Å². The van der Waals surface area contributed by atoms with Gasteiger partial charge in [0.05, 0.1) is 15.1 Å². The number of hydrogen-bond acceptors (Lipinski definition) is 5. The van der Waals surface area contributed by atoms with Crippen molar-refractivity contribution < 1.29 is 13.2 Å². The zero-order valence-corrected chi connectivity index (χ0v) is 19.8. The number of carbonyl (C=O) groups is 1. The van der Waals surface area contributed by atoms with Crippen molar-refractivity contribution in [1.82, 2.24) is 9.29 Å². The lowest BCUT2D eigenvalue weighted by atomic mass is 10.2. The second kappa shape index (κ2) is 8.99. The Bertz CT molecular complexity index is 1390. The van der Waals surface area contributed by atoms with E-state index in [1.54, 1.807) is 6.07 Å². The molecule has 0 aliphatic carbocycles. The molecule has 1 aromatic heterocycles. The van der Waals surface area contributed by atoms with Gasteiger partial charge in [-0.25, -0.2) is 13.4 Å². The summed E-state index contributed by atoms with van der Waals surface area (Å²) in [5.41, 5.74) is 2.83. The number of anilines is 1. The van der Waals surface area contributed by atoms with Crippen LogP contribution in [0.15, 0.2) is 71.6 Å². The van der Waals surface area contributed by atoms with E-state index in [1.165, 1.54) is 47.0 Å². The molecule has 0 saturated carbocycles. The number of fused-ring (bicyclic) bond motifs is 1. The van der Waals surface area contributed by atoms with Gasteiger partial charge in [0.2, 0.25) is 10.0 Å². The molecule has 0 atom stereocenters. The van der Waals surface area contributed by atoms with Gasteiger partial charge in [0, 0.05) is 24.2 Å². The molecule has 0 radical (unpaired) electrons. The van der Waals surface area contributed by atoms with Crippen molar-refractivity contribution in [2.45, 2.75) is 18.4 Å². The number of nitrogens with zero attached hydrogens (tertiary/aromatic N) is 2. The molecule has 32 heavy (non-hydrogen) atoms. The molecular formula is C23H20ClN3O3S2. The number of sulfonamides is 1. The molecule has 3 aromatic carbocycles. The maximum Gasteiger partial charge on any atom is 0.257 e. The van der Waals surface area contributed by atoms with Gasteiger partial charge in [-0.15, -0.1) is 0 Å². The second-order valence-electron chi connectivity index (χ2n) is 7.26. The van der Waals surface area contributed by atoms with Gasteiger partial charge in [-0.2, -0.15) is 4.31 Å². The van der Waals surface area contributed by atoms with E-state index < -0.39 is 10.0 Å². The smallest absolute Gasteiger partial charge is 0.257 e. The third-order valence-electron chi connectivity index (χ3n) is 5.04. The van der Waals surface area contributed by atoms with E-state index in [2.05, 4.69) is 10.3 Å². The summed E-state index contributed by atoms with van der Waals surface area (Å²) in [6.07, 6.45) is 0. The lowest BCUT2D eigenvalue weighted by Crippen LogP contribution is -2.26. The van der Waals surface area contributed by atoms with Crippen LogP contribution in [-0.2, 0) is 16.6 Å². The molecule has 1 N–H and O–H groups in total. The van der Waals surface area contributed by atoms with Crippen LogP contribution in [0, 0.1) is 6.92 Å². The summed E-state index contributed by atoms with van der Waals surface area (Å²) < 4.78 is 28.0. The normalized spacial score (nSPS) is 11.8. The van der Waals surface area contributed by atoms with E-state index >= 15 is 0 Å². The highest BCUT2D eigenvalue weighted by Crippen LogP contribution is 2.32. The first-order valence-corrected chi connectivity index (χ1v) is 12.4. The van der Waals surface area contributed by atoms with E-state index in [1.807, 2.05) is 43.3 Å². The van der Waals surface area contributed by atoms with Crippen molar-refractivity contribution in [2.75, 3.05) is 12.4 Å². The van der Waals surface area contributed by atoms with Crippen LogP contribution in [-0.4, -0.2) is 30.7 Å². The summed E-state index contributed by atoms with van der Waals surface area (Å²) in [7, 11) is -2.15. The molecular weight excluding hydrogens is 466 g/mol. The van der Waals surface area contributed by atoms with E-state index in [4.69, 9.17) is 11.6 Å². The zero-order chi connectivity index (χ0) is 22.9. The van der Waals surface area contributed by atoms with Gasteiger partial charge in [0.1, 0.15) is 0 Å². The third-order valence-corrected chi connectivity index (χ3v) is 8.20. The number of aromatic nitrogens is 1. The molecule has 9 heteroatoms.